The number of nitrogens with zero attached hydrogens (tertiary/aromatic N) is 3. The number of piperidine rings is 1. The molecular formula is C31H38FN3O6S. The molecule has 42 heavy (non-hydrogen) atoms. The van der Waals surface area contributed by atoms with E-state index in [1.165, 1.54) is 13.0 Å². The lowest BCUT2D eigenvalue weighted by molar-refractivity contribution is -0.142. The Labute approximate surface area is 249 Å². The molecule has 1 aromatic heterocycles. The maximum atomic E-state index is 15.1. The summed E-state index contributed by atoms with van der Waals surface area (Å²) in [5.74, 6) is -1.14. The van der Waals surface area contributed by atoms with Crippen LogP contribution in [-0.2, 0) is 30.3 Å². The summed E-state index contributed by atoms with van der Waals surface area (Å²) < 4.78 is 26.8. The molecule has 226 valence electrons. The van der Waals surface area contributed by atoms with Gasteiger partial charge in [-0.15, -0.1) is 0 Å². The maximum Gasteiger partial charge on any atom is 0.435 e. The van der Waals surface area contributed by atoms with Crippen molar-refractivity contribution in [1.82, 2.24) is 14.7 Å². The minimum atomic E-state index is -0.835. The zero-order valence-electron chi connectivity index (χ0n) is 24.7. The van der Waals surface area contributed by atoms with Crippen LogP contribution in [-0.4, -0.2) is 61.8 Å². The highest BCUT2D eigenvalue weighted by atomic mass is 32.2. The van der Waals surface area contributed by atoms with Crippen molar-refractivity contribution in [1.29, 1.82) is 0 Å². The first-order chi connectivity index (χ1) is 19.9. The summed E-state index contributed by atoms with van der Waals surface area (Å²) in [6.07, 6.45) is 3.68. The van der Waals surface area contributed by atoms with Crippen molar-refractivity contribution >= 4 is 40.8 Å². The zero-order valence-corrected chi connectivity index (χ0v) is 25.5. The molecule has 1 saturated carbocycles. The van der Waals surface area contributed by atoms with Crippen molar-refractivity contribution in [2.75, 3.05) is 13.2 Å². The molecule has 0 bridgehead atoms. The molecule has 2 unspecified atom stereocenters. The number of halogens is 1. The van der Waals surface area contributed by atoms with Crippen molar-refractivity contribution in [3.8, 4) is 0 Å². The number of rotatable bonds is 9. The number of likely N-dealkylation sites (tertiary alicyclic amines) is 1. The molecule has 9 nitrogen and oxygen atoms in total. The Morgan fingerprint density at radius 1 is 1.19 bits per heavy atom. The molecule has 1 aliphatic carbocycles. The number of carbonyl (C=O) groups is 4. The van der Waals surface area contributed by atoms with Gasteiger partial charge in [-0.2, -0.15) is 9.78 Å². The van der Waals surface area contributed by atoms with Crippen LogP contribution in [0.1, 0.15) is 83.3 Å². The molecule has 2 heterocycles. The summed E-state index contributed by atoms with van der Waals surface area (Å²) in [5.41, 5.74) is 1.01. The van der Waals surface area contributed by atoms with Crippen molar-refractivity contribution in [3.05, 3.63) is 58.7 Å². The molecular weight excluding hydrogens is 561 g/mol. The van der Waals surface area contributed by atoms with Crippen LogP contribution in [0, 0.1) is 11.7 Å². The normalized spacial score (nSPS) is 19.4. The maximum absolute atomic E-state index is 15.1. The summed E-state index contributed by atoms with van der Waals surface area (Å²) in [6.45, 7) is 9.05. The van der Waals surface area contributed by atoms with E-state index >= 15 is 4.39 Å². The highest BCUT2D eigenvalue weighted by Crippen LogP contribution is 2.43. The molecule has 2 fully saturated rings. The number of carbonyl (C=O) groups excluding carboxylic acids is 4. The van der Waals surface area contributed by atoms with Gasteiger partial charge in [0.15, 0.2) is 10.9 Å². The van der Waals surface area contributed by atoms with Crippen LogP contribution < -0.4 is 0 Å². The largest absolute Gasteiger partial charge is 0.466 e. The molecule has 2 atom stereocenters. The summed E-state index contributed by atoms with van der Waals surface area (Å²) in [4.78, 5) is 53.3. The third-order valence-electron chi connectivity index (χ3n) is 6.89. The molecule has 2 aliphatic rings. The second-order valence-corrected chi connectivity index (χ2v) is 12.8. The van der Waals surface area contributed by atoms with Crippen LogP contribution in [0.5, 0.6) is 0 Å². The van der Waals surface area contributed by atoms with Crippen LogP contribution in [0.15, 0.2) is 35.9 Å². The van der Waals surface area contributed by atoms with Gasteiger partial charge in [-0.25, -0.2) is 9.18 Å². The van der Waals surface area contributed by atoms with E-state index < -0.39 is 34.9 Å². The van der Waals surface area contributed by atoms with Gasteiger partial charge in [-0.3, -0.25) is 19.3 Å². The van der Waals surface area contributed by atoms with E-state index in [0.29, 0.717) is 36.3 Å². The Bertz CT molecular complexity index is 1380. The Morgan fingerprint density at radius 2 is 1.90 bits per heavy atom. The smallest absolute Gasteiger partial charge is 0.435 e. The van der Waals surface area contributed by atoms with Gasteiger partial charge in [0.1, 0.15) is 11.4 Å². The van der Waals surface area contributed by atoms with Gasteiger partial charge in [0.25, 0.3) is 0 Å². The first-order valence-corrected chi connectivity index (χ1v) is 15.2. The molecule has 0 N–H and O–H groups in total. The number of esters is 1. The number of ether oxygens (including phenoxy) is 2. The topological polar surface area (TPSA) is 108 Å². The monoisotopic (exact) mass is 599 g/mol. The molecule has 11 heteroatoms. The third kappa shape index (κ3) is 7.95. The summed E-state index contributed by atoms with van der Waals surface area (Å²) in [5, 5.41) is 3.75. The Morgan fingerprint density at radius 3 is 2.52 bits per heavy atom. The van der Waals surface area contributed by atoms with Crippen molar-refractivity contribution in [2.45, 2.75) is 83.7 Å². The number of ketones is 1. The average molecular weight is 600 g/mol. The third-order valence-corrected chi connectivity index (χ3v) is 8.02. The highest BCUT2D eigenvalue weighted by Gasteiger charge is 2.43. The SMILES string of the molecule is CCOC(=O)Cc1cc(C=C2CCCN(C(C(=O)C3CC3)c3ccccc3F)C2SC(C)=O)nn1C(=O)OC(C)(C)C. The molecule has 0 radical (unpaired) electrons. The van der Waals surface area contributed by atoms with Crippen molar-refractivity contribution in [3.63, 3.8) is 0 Å². The van der Waals surface area contributed by atoms with Crippen LogP contribution in [0.2, 0.25) is 0 Å². The summed E-state index contributed by atoms with van der Waals surface area (Å²) in [6, 6.07) is 7.08. The summed E-state index contributed by atoms with van der Waals surface area (Å²) in [7, 11) is 0. The Balaban J connectivity index is 1.75. The highest BCUT2D eigenvalue weighted by molar-refractivity contribution is 8.14. The van der Waals surface area contributed by atoms with Gasteiger partial charge < -0.3 is 9.47 Å². The van der Waals surface area contributed by atoms with Crippen molar-refractivity contribution in [2.24, 2.45) is 5.92 Å². The van der Waals surface area contributed by atoms with Crippen LogP contribution in [0.3, 0.4) is 0 Å². The molecule has 0 amide bonds. The van der Waals surface area contributed by atoms with Gasteiger partial charge in [0, 0.05) is 24.9 Å². The fraction of sp³-hybridized carbons (Fsp3) is 0.516. The van der Waals surface area contributed by atoms with E-state index in [2.05, 4.69) is 5.10 Å². The molecule has 1 saturated heterocycles. The van der Waals surface area contributed by atoms with Gasteiger partial charge in [-0.1, -0.05) is 30.0 Å². The van der Waals surface area contributed by atoms with Gasteiger partial charge >= 0.3 is 12.1 Å². The standard InChI is InChI=1S/C31H38FN3O6S/c1-6-40-26(37)18-23-17-22(33-35(23)30(39)41-31(3,4)5)16-21-10-9-15-34(29(21)42-19(2)36)27(28(38)20-13-14-20)24-11-7-8-12-25(24)32/h7-8,11-12,16-17,20,27,29H,6,9-10,13-15,18H2,1-5H3. The van der Waals surface area contributed by atoms with Crippen LogP contribution >= 0.6 is 11.8 Å². The van der Waals surface area contributed by atoms with E-state index in [9.17, 15) is 19.2 Å². The number of benzene rings is 1. The van der Waals surface area contributed by atoms with E-state index in [0.717, 1.165) is 34.9 Å². The van der Waals surface area contributed by atoms with E-state index in [-0.39, 0.29) is 29.8 Å². The fourth-order valence-electron chi connectivity index (χ4n) is 5.06. The first-order valence-electron chi connectivity index (χ1n) is 14.3. The molecule has 1 aromatic carbocycles. The second-order valence-electron chi connectivity index (χ2n) is 11.6. The van der Waals surface area contributed by atoms with Crippen LogP contribution in [0.25, 0.3) is 6.08 Å². The minimum absolute atomic E-state index is 0.0403. The molecule has 4 rings (SSSR count). The Kier molecular flexibility index (Phi) is 10.0. The van der Waals surface area contributed by atoms with Gasteiger partial charge in [0.05, 0.1) is 35.8 Å². The van der Waals surface area contributed by atoms with E-state index in [1.54, 1.807) is 58.0 Å². The quantitative estimate of drug-likeness (QED) is 0.335. The predicted molar refractivity (Wildman–Crippen MR) is 157 cm³/mol. The fourth-order valence-corrected chi connectivity index (χ4v) is 6.08. The Hall–Kier alpha value is -3.31. The van der Waals surface area contributed by atoms with Crippen LogP contribution in [0.4, 0.5) is 9.18 Å². The first kappa shape index (κ1) is 31.6. The number of hydrogen-bond acceptors (Lipinski definition) is 9. The zero-order chi connectivity index (χ0) is 30.6. The predicted octanol–water partition coefficient (Wildman–Crippen LogP) is 5.72. The number of thioether (sulfide) groups is 1. The lowest BCUT2D eigenvalue weighted by Gasteiger charge is -2.41. The lowest BCUT2D eigenvalue weighted by atomic mass is 9.93. The second kappa shape index (κ2) is 13.3. The number of hydrogen-bond donors (Lipinski definition) is 0. The van der Waals surface area contributed by atoms with Gasteiger partial charge in [-0.05, 0) is 77.2 Å². The van der Waals surface area contributed by atoms with Gasteiger partial charge in [0.2, 0.25) is 0 Å². The molecule has 1 aliphatic heterocycles. The lowest BCUT2D eigenvalue weighted by Crippen LogP contribution is -2.45. The van der Waals surface area contributed by atoms with Crippen molar-refractivity contribution < 1.29 is 33.0 Å². The molecule has 0 spiro atoms. The van der Waals surface area contributed by atoms with E-state index in [1.807, 2.05) is 4.90 Å². The van der Waals surface area contributed by atoms with E-state index in [4.69, 9.17) is 9.47 Å². The number of aromatic nitrogens is 2. The average Bonchev–Trinajstić information content (AvgIpc) is 3.67. The summed E-state index contributed by atoms with van der Waals surface area (Å²) >= 11 is 1.08. The molecule has 2 aromatic rings. The number of Topliss-reactive ketones (excluding diaryl/α,β-unsaturated/α-hetero) is 1. The minimum Gasteiger partial charge on any atom is -0.466 e.